The number of hydrogen-bond donors (Lipinski definition) is 0. The predicted octanol–water partition coefficient (Wildman–Crippen LogP) is 3.11. The number of rotatable bonds is 4. The molecule has 5 nitrogen and oxygen atoms in total. The van der Waals surface area contributed by atoms with Gasteiger partial charge in [-0.2, -0.15) is 0 Å². The Kier molecular flexibility index (Phi) is 4.29. The second kappa shape index (κ2) is 6.89. The molecule has 0 saturated carbocycles. The van der Waals surface area contributed by atoms with Crippen LogP contribution in [-0.4, -0.2) is 37.9 Å². The van der Waals surface area contributed by atoms with Gasteiger partial charge in [0, 0.05) is 36.7 Å². The highest BCUT2D eigenvalue weighted by Gasteiger charge is 2.29. The zero-order chi connectivity index (χ0) is 17.1. The summed E-state index contributed by atoms with van der Waals surface area (Å²) in [4.78, 5) is 23.4. The van der Waals surface area contributed by atoms with Crippen molar-refractivity contribution in [3.05, 3.63) is 78.5 Å². The third-order valence-electron chi connectivity index (χ3n) is 4.71. The van der Waals surface area contributed by atoms with E-state index in [9.17, 15) is 4.79 Å². The first-order valence-corrected chi connectivity index (χ1v) is 8.60. The van der Waals surface area contributed by atoms with E-state index in [0.29, 0.717) is 11.4 Å². The van der Waals surface area contributed by atoms with E-state index in [1.165, 1.54) is 5.56 Å². The van der Waals surface area contributed by atoms with Gasteiger partial charge in [0.25, 0.3) is 5.91 Å². The summed E-state index contributed by atoms with van der Waals surface area (Å²) in [6.07, 6.45) is 9.92. The maximum atomic E-state index is 13.0. The predicted molar refractivity (Wildman–Crippen MR) is 95.6 cm³/mol. The summed E-state index contributed by atoms with van der Waals surface area (Å²) >= 11 is 0. The van der Waals surface area contributed by atoms with Gasteiger partial charge in [0.15, 0.2) is 0 Å². The molecule has 1 fully saturated rings. The van der Waals surface area contributed by atoms with E-state index < -0.39 is 0 Å². The molecule has 3 aromatic rings. The van der Waals surface area contributed by atoms with Gasteiger partial charge in [0.05, 0.1) is 0 Å². The Balaban J connectivity index is 1.54. The number of carbonyl (C=O) groups is 1. The number of aromatic nitrogens is 3. The summed E-state index contributed by atoms with van der Waals surface area (Å²) in [5.41, 5.74) is 1.96. The quantitative estimate of drug-likeness (QED) is 0.737. The molecule has 0 bridgehead atoms. The van der Waals surface area contributed by atoms with Crippen molar-refractivity contribution in [2.75, 3.05) is 6.54 Å². The molecule has 0 radical (unpaired) electrons. The maximum absolute atomic E-state index is 13.0. The lowest BCUT2D eigenvalue weighted by Gasteiger charge is -2.25. The van der Waals surface area contributed by atoms with Gasteiger partial charge in [0.1, 0.15) is 12.1 Å². The Labute approximate surface area is 147 Å². The lowest BCUT2D eigenvalue weighted by Crippen LogP contribution is -2.36. The first-order valence-electron chi connectivity index (χ1n) is 8.60. The molecule has 1 aliphatic heterocycles. The lowest BCUT2D eigenvalue weighted by molar-refractivity contribution is 0.0736. The van der Waals surface area contributed by atoms with Gasteiger partial charge < -0.3 is 4.90 Å². The molecule has 1 amide bonds. The van der Waals surface area contributed by atoms with Gasteiger partial charge in [0.2, 0.25) is 0 Å². The second-order valence-electron chi connectivity index (χ2n) is 6.36. The molecular weight excluding hydrogens is 312 g/mol. The van der Waals surface area contributed by atoms with Crippen LogP contribution in [0.5, 0.6) is 0 Å². The van der Waals surface area contributed by atoms with Crippen molar-refractivity contribution in [3.63, 3.8) is 0 Å². The van der Waals surface area contributed by atoms with E-state index in [4.69, 9.17) is 0 Å². The minimum Gasteiger partial charge on any atom is -0.335 e. The van der Waals surface area contributed by atoms with Gasteiger partial charge in [-0.1, -0.05) is 30.3 Å². The Morgan fingerprint density at radius 2 is 2.04 bits per heavy atom. The fourth-order valence-electron chi connectivity index (χ4n) is 3.45. The van der Waals surface area contributed by atoms with Crippen molar-refractivity contribution >= 4 is 5.91 Å². The van der Waals surface area contributed by atoms with Crippen molar-refractivity contribution < 1.29 is 4.79 Å². The monoisotopic (exact) mass is 332 g/mol. The molecule has 4 rings (SSSR count). The largest absolute Gasteiger partial charge is 0.335 e. The molecule has 5 heteroatoms. The SMILES string of the molecule is O=C(c1ccnc(-n2ccnc2)c1)N1CCCC1Cc1ccccc1. The van der Waals surface area contributed by atoms with Gasteiger partial charge in [-0.3, -0.25) is 9.36 Å². The Hall–Kier alpha value is -2.95. The maximum Gasteiger partial charge on any atom is 0.254 e. The molecule has 2 aromatic heterocycles. The minimum atomic E-state index is 0.0854. The first-order chi connectivity index (χ1) is 12.3. The van der Waals surface area contributed by atoms with E-state index in [-0.39, 0.29) is 11.9 Å². The molecule has 1 aliphatic rings. The summed E-state index contributed by atoms with van der Waals surface area (Å²) in [5.74, 6) is 0.796. The zero-order valence-electron chi connectivity index (χ0n) is 14.0. The Bertz CT molecular complexity index is 845. The third kappa shape index (κ3) is 3.31. The van der Waals surface area contributed by atoms with E-state index in [0.717, 1.165) is 25.8 Å². The number of nitrogens with zero attached hydrogens (tertiary/aromatic N) is 4. The number of amides is 1. The van der Waals surface area contributed by atoms with E-state index in [1.807, 2.05) is 27.8 Å². The summed E-state index contributed by atoms with van der Waals surface area (Å²) < 4.78 is 1.81. The molecular formula is C20H20N4O. The number of benzene rings is 1. The van der Waals surface area contributed by atoms with E-state index in [1.54, 1.807) is 24.8 Å². The van der Waals surface area contributed by atoms with Crippen molar-refractivity contribution in [1.29, 1.82) is 0 Å². The molecule has 25 heavy (non-hydrogen) atoms. The molecule has 1 unspecified atom stereocenters. The molecule has 1 atom stereocenters. The number of hydrogen-bond acceptors (Lipinski definition) is 3. The van der Waals surface area contributed by atoms with Crippen LogP contribution < -0.4 is 0 Å². The van der Waals surface area contributed by atoms with Crippen molar-refractivity contribution in [3.8, 4) is 5.82 Å². The summed E-state index contributed by atoms with van der Waals surface area (Å²) in [7, 11) is 0. The van der Waals surface area contributed by atoms with Crippen LogP contribution in [0.3, 0.4) is 0 Å². The molecule has 0 spiro atoms. The highest BCUT2D eigenvalue weighted by atomic mass is 16.2. The second-order valence-corrected chi connectivity index (χ2v) is 6.36. The van der Waals surface area contributed by atoms with Crippen LogP contribution in [0.2, 0.25) is 0 Å². The van der Waals surface area contributed by atoms with Crippen molar-refractivity contribution in [2.45, 2.75) is 25.3 Å². The highest BCUT2D eigenvalue weighted by Crippen LogP contribution is 2.23. The van der Waals surface area contributed by atoms with E-state index >= 15 is 0 Å². The molecule has 126 valence electrons. The minimum absolute atomic E-state index is 0.0854. The van der Waals surface area contributed by atoms with Crippen LogP contribution in [0.4, 0.5) is 0 Å². The average Bonchev–Trinajstić information content (AvgIpc) is 3.34. The van der Waals surface area contributed by atoms with E-state index in [2.05, 4.69) is 34.2 Å². The average molecular weight is 332 g/mol. The molecule has 0 N–H and O–H groups in total. The number of imidazole rings is 1. The molecule has 0 aliphatic carbocycles. The molecule has 1 aromatic carbocycles. The first kappa shape index (κ1) is 15.6. The van der Waals surface area contributed by atoms with Crippen molar-refractivity contribution in [1.82, 2.24) is 19.4 Å². The van der Waals surface area contributed by atoms with Gasteiger partial charge >= 0.3 is 0 Å². The molecule has 3 heterocycles. The summed E-state index contributed by atoms with van der Waals surface area (Å²) in [5, 5.41) is 0. The summed E-state index contributed by atoms with van der Waals surface area (Å²) in [6.45, 7) is 0.819. The number of likely N-dealkylation sites (tertiary alicyclic amines) is 1. The van der Waals surface area contributed by atoms with Crippen molar-refractivity contribution in [2.24, 2.45) is 0 Å². The van der Waals surface area contributed by atoms with Crippen LogP contribution >= 0.6 is 0 Å². The standard InChI is InChI=1S/C20H20N4O/c25-20(17-8-9-22-19(14-17)23-12-10-21-15-23)24-11-4-7-18(24)13-16-5-2-1-3-6-16/h1-3,5-6,8-10,12,14-15,18H,4,7,11,13H2. The van der Waals surface area contributed by atoms with Gasteiger partial charge in [-0.05, 0) is 37.0 Å². The smallest absolute Gasteiger partial charge is 0.254 e. The highest BCUT2D eigenvalue weighted by molar-refractivity contribution is 5.95. The number of carbonyl (C=O) groups excluding carboxylic acids is 1. The van der Waals surface area contributed by atoms with Crippen LogP contribution in [0.1, 0.15) is 28.8 Å². The summed E-state index contributed by atoms with van der Waals surface area (Å²) in [6, 6.07) is 14.3. The normalized spacial score (nSPS) is 17.0. The van der Waals surface area contributed by atoms with Crippen LogP contribution in [0, 0.1) is 0 Å². The van der Waals surface area contributed by atoms with Crippen LogP contribution in [0.25, 0.3) is 5.82 Å². The topological polar surface area (TPSA) is 51.0 Å². The van der Waals surface area contributed by atoms with Gasteiger partial charge in [-0.25, -0.2) is 9.97 Å². The lowest BCUT2D eigenvalue weighted by atomic mass is 10.0. The third-order valence-corrected chi connectivity index (χ3v) is 4.71. The fourth-order valence-corrected chi connectivity index (χ4v) is 3.45. The fraction of sp³-hybridized carbons (Fsp3) is 0.250. The Morgan fingerprint density at radius 1 is 1.16 bits per heavy atom. The zero-order valence-corrected chi connectivity index (χ0v) is 14.0. The van der Waals surface area contributed by atoms with Gasteiger partial charge in [-0.15, -0.1) is 0 Å². The van der Waals surface area contributed by atoms with Crippen LogP contribution in [-0.2, 0) is 6.42 Å². The number of pyridine rings is 1. The molecule has 1 saturated heterocycles. The Morgan fingerprint density at radius 3 is 2.84 bits per heavy atom. The van der Waals surface area contributed by atoms with Crippen LogP contribution in [0.15, 0.2) is 67.4 Å².